The summed E-state index contributed by atoms with van der Waals surface area (Å²) in [6.45, 7) is 7.08. The highest BCUT2D eigenvalue weighted by atomic mass is 32.2. The highest BCUT2D eigenvalue weighted by molar-refractivity contribution is 7.86. The predicted octanol–water partition coefficient (Wildman–Crippen LogP) is 0.834. The van der Waals surface area contributed by atoms with Crippen molar-refractivity contribution in [3.63, 3.8) is 0 Å². The van der Waals surface area contributed by atoms with Gasteiger partial charge in [-0.15, -0.1) is 0 Å². The van der Waals surface area contributed by atoms with Gasteiger partial charge in [0.25, 0.3) is 16.1 Å². The first-order valence-electron chi connectivity index (χ1n) is 9.45. The maximum absolute atomic E-state index is 12.9. The van der Waals surface area contributed by atoms with Gasteiger partial charge in [0, 0.05) is 44.8 Å². The molecule has 0 saturated carbocycles. The van der Waals surface area contributed by atoms with E-state index >= 15 is 0 Å². The normalized spacial score (nSPS) is 22.3. The fourth-order valence-electron chi connectivity index (χ4n) is 3.43. The zero-order valence-corrected chi connectivity index (χ0v) is 16.7. The second-order valence-electron chi connectivity index (χ2n) is 7.40. The maximum Gasteiger partial charge on any atom is 0.282 e. The quantitative estimate of drug-likeness (QED) is 0.769. The zero-order valence-electron chi connectivity index (χ0n) is 15.9. The van der Waals surface area contributed by atoms with E-state index in [4.69, 9.17) is 4.74 Å². The lowest BCUT2D eigenvalue weighted by Gasteiger charge is -2.30. The van der Waals surface area contributed by atoms with Crippen LogP contribution in [-0.2, 0) is 14.9 Å². The van der Waals surface area contributed by atoms with Crippen molar-refractivity contribution < 1.29 is 17.9 Å². The summed E-state index contributed by atoms with van der Waals surface area (Å²) in [6.07, 6.45) is 2.32. The molecule has 2 aliphatic rings. The summed E-state index contributed by atoms with van der Waals surface area (Å²) in [4.78, 5) is 17.0. The third-order valence-electron chi connectivity index (χ3n) is 4.91. The summed E-state index contributed by atoms with van der Waals surface area (Å²) < 4.78 is 34.0. The van der Waals surface area contributed by atoms with E-state index in [2.05, 4.69) is 10.3 Å². The van der Waals surface area contributed by atoms with E-state index in [9.17, 15) is 13.2 Å². The number of carbonyl (C=O) groups excluding carboxylic acids is 1. The van der Waals surface area contributed by atoms with Gasteiger partial charge in [0.15, 0.2) is 0 Å². The highest BCUT2D eigenvalue weighted by Gasteiger charge is 2.38. The molecule has 150 valence electrons. The average molecular weight is 397 g/mol. The van der Waals surface area contributed by atoms with Crippen molar-refractivity contribution in [2.45, 2.75) is 26.2 Å². The first-order valence-corrected chi connectivity index (χ1v) is 10.9. The topological polar surface area (TPSA) is 91.8 Å². The minimum absolute atomic E-state index is 0.0817. The predicted molar refractivity (Wildman–Crippen MR) is 102 cm³/mol. The Labute approximate surface area is 161 Å². The molecule has 2 aliphatic heterocycles. The van der Waals surface area contributed by atoms with E-state index in [1.165, 1.54) is 8.61 Å². The molecule has 1 N–H and O–H groups in total. The molecule has 3 rings (SSSR count). The summed E-state index contributed by atoms with van der Waals surface area (Å²) in [5.41, 5.74) is 1.22. The number of hydrogen-bond donors (Lipinski definition) is 1. The largest absolute Gasteiger partial charge is 0.379 e. The van der Waals surface area contributed by atoms with Crippen molar-refractivity contribution in [3.8, 4) is 0 Å². The molecule has 1 aromatic rings. The first-order chi connectivity index (χ1) is 12.9. The number of aromatic nitrogens is 1. The molecular formula is C18H28N4O4S. The maximum atomic E-state index is 12.9. The van der Waals surface area contributed by atoms with Crippen LogP contribution in [-0.4, -0.2) is 73.9 Å². The second-order valence-corrected chi connectivity index (χ2v) is 9.33. The van der Waals surface area contributed by atoms with Crippen LogP contribution in [0.5, 0.6) is 0 Å². The Hall–Kier alpha value is -1.55. The molecule has 8 nitrogen and oxygen atoms in total. The SMILES string of the molecule is CC(C)CNC(=O)c1cccnc1[C@@H]1CCN(S(=O)(=O)N2CCOCC2)C1. The summed E-state index contributed by atoms with van der Waals surface area (Å²) in [7, 11) is -3.50. The summed E-state index contributed by atoms with van der Waals surface area (Å²) in [6, 6.07) is 3.50. The number of rotatable bonds is 6. The van der Waals surface area contributed by atoms with Crippen molar-refractivity contribution in [1.82, 2.24) is 18.9 Å². The van der Waals surface area contributed by atoms with Gasteiger partial charge >= 0.3 is 0 Å². The molecule has 0 spiro atoms. The molecule has 3 heterocycles. The molecule has 1 atom stereocenters. The van der Waals surface area contributed by atoms with Crippen LogP contribution in [0.2, 0.25) is 0 Å². The Morgan fingerprint density at radius 1 is 1.30 bits per heavy atom. The average Bonchev–Trinajstić information content (AvgIpc) is 3.17. The molecule has 27 heavy (non-hydrogen) atoms. The van der Waals surface area contributed by atoms with E-state index in [1.54, 1.807) is 18.3 Å². The lowest BCUT2D eigenvalue weighted by molar-refractivity contribution is 0.0705. The van der Waals surface area contributed by atoms with E-state index in [-0.39, 0.29) is 11.8 Å². The molecule has 1 amide bonds. The third-order valence-corrected chi connectivity index (χ3v) is 6.92. The summed E-state index contributed by atoms with van der Waals surface area (Å²) in [5, 5.41) is 2.92. The van der Waals surface area contributed by atoms with Crippen LogP contribution in [0.15, 0.2) is 18.3 Å². The molecule has 2 saturated heterocycles. The fraction of sp³-hybridized carbons (Fsp3) is 0.667. The number of hydrogen-bond acceptors (Lipinski definition) is 5. The molecule has 0 aromatic carbocycles. The van der Waals surface area contributed by atoms with Crippen LogP contribution in [0.25, 0.3) is 0 Å². The van der Waals surface area contributed by atoms with Crippen LogP contribution >= 0.6 is 0 Å². The second kappa shape index (κ2) is 8.64. The van der Waals surface area contributed by atoms with Crippen molar-refractivity contribution in [2.75, 3.05) is 45.9 Å². The lowest BCUT2D eigenvalue weighted by atomic mass is 9.98. The van der Waals surface area contributed by atoms with Crippen LogP contribution < -0.4 is 5.32 Å². The van der Waals surface area contributed by atoms with Gasteiger partial charge in [0.05, 0.1) is 24.5 Å². The molecule has 1 aromatic heterocycles. The van der Waals surface area contributed by atoms with Crippen LogP contribution in [0.4, 0.5) is 0 Å². The molecule has 2 fully saturated rings. The van der Waals surface area contributed by atoms with Crippen molar-refractivity contribution in [3.05, 3.63) is 29.6 Å². The summed E-state index contributed by atoms with van der Waals surface area (Å²) >= 11 is 0. The Morgan fingerprint density at radius 3 is 2.74 bits per heavy atom. The Morgan fingerprint density at radius 2 is 2.04 bits per heavy atom. The van der Waals surface area contributed by atoms with E-state index in [1.807, 2.05) is 13.8 Å². The van der Waals surface area contributed by atoms with Gasteiger partial charge < -0.3 is 10.1 Å². The Balaban J connectivity index is 1.72. The highest BCUT2D eigenvalue weighted by Crippen LogP contribution is 2.30. The number of pyridine rings is 1. The Bertz CT molecular complexity index is 762. The number of nitrogens with zero attached hydrogens (tertiary/aromatic N) is 3. The van der Waals surface area contributed by atoms with Gasteiger partial charge in [-0.3, -0.25) is 9.78 Å². The monoisotopic (exact) mass is 396 g/mol. The van der Waals surface area contributed by atoms with Gasteiger partial charge in [0.2, 0.25) is 0 Å². The number of amides is 1. The van der Waals surface area contributed by atoms with Crippen LogP contribution in [0.3, 0.4) is 0 Å². The number of nitrogens with one attached hydrogen (secondary N) is 1. The van der Waals surface area contributed by atoms with Crippen molar-refractivity contribution >= 4 is 16.1 Å². The molecule has 9 heteroatoms. The third kappa shape index (κ3) is 4.66. The number of carbonyl (C=O) groups is 1. The summed E-state index contributed by atoms with van der Waals surface area (Å²) in [5.74, 6) is 0.123. The van der Waals surface area contributed by atoms with Crippen molar-refractivity contribution in [1.29, 1.82) is 0 Å². The molecule has 0 aliphatic carbocycles. The van der Waals surface area contributed by atoms with Crippen molar-refractivity contribution in [2.24, 2.45) is 5.92 Å². The van der Waals surface area contributed by atoms with E-state index in [0.29, 0.717) is 69.5 Å². The molecular weight excluding hydrogens is 368 g/mol. The Kier molecular flexibility index (Phi) is 6.46. The lowest BCUT2D eigenvalue weighted by Crippen LogP contribution is -2.47. The first kappa shape index (κ1) is 20.2. The van der Waals surface area contributed by atoms with Gasteiger partial charge in [-0.25, -0.2) is 0 Å². The van der Waals surface area contributed by atoms with E-state index < -0.39 is 10.2 Å². The van der Waals surface area contributed by atoms with E-state index in [0.717, 1.165) is 0 Å². The van der Waals surface area contributed by atoms with Gasteiger partial charge in [-0.2, -0.15) is 17.0 Å². The zero-order chi connectivity index (χ0) is 19.4. The standard InChI is InChI=1S/C18H28N4O4S/c1-14(2)12-20-18(23)16-4-3-6-19-17(16)15-5-7-22(13-15)27(24,25)21-8-10-26-11-9-21/h3-4,6,14-15H,5,7-13H2,1-2H3,(H,20,23)/t15-/m1/s1. The fourth-order valence-corrected chi connectivity index (χ4v) is 5.07. The molecule has 0 unspecified atom stereocenters. The van der Waals surface area contributed by atoms with Gasteiger partial charge in [-0.1, -0.05) is 13.8 Å². The van der Waals surface area contributed by atoms with Crippen LogP contribution in [0.1, 0.15) is 42.2 Å². The minimum atomic E-state index is -3.50. The molecule has 0 radical (unpaired) electrons. The minimum Gasteiger partial charge on any atom is -0.379 e. The van der Waals surface area contributed by atoms with Crippen LogP contribution in [0, 0.1) is 5.92 Å². The van der Waals surface area contributed by atoms with Gasteiger partial charge in [0.1, 0.15) is 0 Å². The number of ether oxygens (including phenoxy) is 1. The molecule has 0 bridgehead atoms. The number of morpholine rings is 1. The smallest absolute Gasteiger partial charge is 0.282 e. The van der Waals surface area contributed by atoms with Gasteiger partial charge in [-0.05, 0) is 24.5 Å².